The number of nitrogens with zero attached hydrogens (tertiary/aromatic N) is 3. The van der Waals surface area contributed by atoms with Crippen LogP contribution in [0.5, 0.6) is 5.75 Å². The van der Waals surface area contributed by atoms with Gasteiger partial charge in [-0.05, 0) is 67.6 Å². The smallest absolute Gasteiger partial charge is 0.118 e. The standard InChI is InChI=1S/C22H29N3O/c1-26-21-8-6-19(7-9-21)15-25-14-11-22(18-25)10-4-13-24(17-22)16-20-5-2-3-12-23-20/h2-3,5-9,12H,4,10-11,13-18H2,1H3/t22-/m1/s1. The van der Waals surface area contributed by atoms with Crippen molar-refractivity contribution < 1.29 is 4.74 Å². The number of benzene rings is 1. The van der Waals surface area contributed by atoms with Crippen LogP contribution in [0.25, 0.3) is 0 Å². The first-order chi connectivity index (χ1) is 12.7. The van der Waals surface area contributed by atoms with Crippen molar-refractivity contribution in [2.45, 2.75) is 32.4 Å². The van der Waals surface area contributed by atoms with E-state index in [0.717, 1.165) is 18.8 Å². The van der Waals surface area contributed by atoms with Crippen molar-refractivity contribution in [2.75, 3.05) is 33.3 Å². The molecule has 0 unspecified atom stereocenters. The Kier molecular flexibility index (Phi) is 5.23. The first-order valence-corrected chi connectivity index (χ1v) is 9.72. The largest absolute Gasteiger partial charge is 0.497 e. The van der Waals surface area contributed by atoms with Crippen molar-refractivity contribution in [3.8, 4) is 5.75 Å². The summed E-state index contributed by atoms with van der Waals surface area (Å²) in [5, 5.41) is 0. The van der Waals surface area contributed by atoms with Gasteiger partial charge in [-0.25, -0.2) is 0 Å². The zero-order valence-corrected chi connectivity index (χ0v) is 15.7. The maximum Gasteiger partial charge on any atom is 0.118 e. The predicted octanol–water partition coefficient (Wildman–Crippen LogP) is 3.58. The van der Waals surface area contributed by atoms with Gasteiger partial charge in [-0.2, -0.15) is 0 Å². The predicted molar refractivity (Wildman–Crippen MR) is 104 cm³/mol. The van der Waals surface area contributed by atoms with Crippen molar-refractivity contribution in [3.05, 3.63) is 59.9 Å². The van der Waals surface area contributed by atoms with Crippen LogP contribution in [0.1, 0.15) is 30.5 Å². The van der Waals surface area contributed by atoms with Crippen LogP contribution in [0.3, 0.4) is 0 Å². The summed E-state index contributed by atoms with van der Waals surface area (Å²) < 4.78 is 5.27. The second-order valence-electron chi connectivity index (χ2n) is 7.94. The van der Waals surface area contributed by atoms with Crippen LogP contribution < -0.4 is 4.74 Å². The quantitative estimate of drug-likeness (QED) is 0.823. The minimum atomic E-state index is 0.472. The lowest BCUT2D eigenvalue weighted by molar-refractivity contribution is 0.0857. The number of methoxy groups -OCH3 is 1. The van der Waals surface area contributed by atoms with E-state index in [1.807, 2.05) is 12.3 Å². The molecule has 2 saturated heterocycles. The number of hydrogen-bond donors (Lipinski definition) is 0. The Morgan fingerprint density at radius 2 is 1.77 bits per heavy atom. The van der Waals surface area contributed by atoms with Crippen LogP contribution in [0.2, 0.25) is 0 Å². The molecule has 0 amide bonds. The molecule has 4 heteroatoms. The molecule has 0 bridgehead atoms. The fourth-order valence-electron chi connectivity index (χ4n) is 4.65. The molecule has 1 spiro atoms. The zero-order chi connectivity index (χ0) is 17.8. The van der Waals surface area contributed by atoms with E-state index in [0.29, 0.717) is 5.41 Å². The number of piperidine rings is 1. The molecular weight excluding hydrogens is 322 g/mol. The molecule has 1 atom stereocenters. The third-order valence-corrected chi connectivity index (χ3v) is 5.93. The highest BCUT2D eigenvalue weighted by atomic mass is 16.5. The van der Waals surface area contributed by atoms with Crippen LogP contribution >= 0.6 is 0 Å². The third-order valence-electron chi connectivity index (χ3n) is 5.93. The summed E-state index contributed by atoms with van der Waals surface area (Å²) in [4.78, 5) is 9.76. The molecule has 0 saturated carbocycles. The molecule has 3 heterocycles. The SMILES string of the molecule is COc1ccc(CN2CC[C@@]3(CCCN(Cc4ccccn4)C3)C2)cc1. The molecule has 138 valence electrons. The zero-order valence-electron chi connectivity index (χ0n) is 15.7. The summed E-state index contributed by atoms with van der Waals surface area (Å²) in [6.07, 6.45) is 5.90. The second kappa shape index (κ2) is 7.77. The molecule has 4 nitrogen and oxygen atoms in total. The number of likely N-dealkylation sites (tertiary alicyclic amines) is 2. The Morgan fingerprint density at radius 3 is 2.50 bits per heavy atom. The molecule has 26 heavy (non-hydrogen) atoms. The Labute approximate surface area is 156 Å². The van der Waals surface area contributed by atoms with Gasteiger partial charge < -0.3 is 4.74 Å². The maximum absolute atomic E-state index is 5.27. The minimum absolute atomic E-state index is 0.472. The molecule has 0 radical (unpaired) electrons. The van der Waals surface area contributed by atoms with Gasteiger partial charge in [0.15, 0.2) is 0 Å². The fourth-order valence-corrected chi connectivity index (χ4v) is 4.65. The van der Waals surface area contributed by atoms with Gasteiger partial charge in [0.25, 0.3) is 0 Å². The van der Waals surface area contributed by atoms with Crippen LogP contribution in [0, 0.1) is 5.41 Å². The number of pyridine rings is 1. The molecule has 2 aliphatic rings. The monoisotopic (exact) mass is 351 g/mol. The Bertz CT molecular complexity index is 703. The fraction of sp³-hybridized carbons (Fsp3) is 0.500. The number of hydrogen-bond acceptors (Lipinski definition) is 4. The van der Waals surface area contributed by atoms with Gasteiger partial charge in [-0.15, -0.1) is 0 Å². The first-order valence-electron chi connectivity index (χ1n) is 9.72. The second-order valence-corrected chi connectivity index (χ2v) is 7.94. The molecule has 0 N–H and O–H groups in total. The molecule has 1 aromatic heterocycles. The van der Waals surface area contributed by atoms with Crippen LogP contribution in [0.15, 0.2) is 48.7 Å². The third kappa shape index (κ3) is 4.08. The highest BCUT2D eigenvalue weighted by Crippen LogP contribution is 2.39. The lowest BCUT2D eigenvalue weighted by atomic mass is 9.79. The highest BCUT2D eigenvalue weighted by molar-refractivity contribution is 5.27. The number of ether oxygens (including phenoxy) is 1. The maximum atomic E-state index is 5.27. The lowest BCUT2D eigenvalue weighted by Crippen LogP contribution is -2.44. The summed E-state index contributed by atoms with van der Waals surface area (Å²) in [5.74, 6) is 0.934. The Morgan fingerprint density at radius 1 is 0.962 bits per heavy atom. The van der Waals surface area contributed by atoms with Crippen molar-refractivity contribution in [1.29, 1.82) is 0 Å². The topological polar surface area (TPSA) is 28.6 Å². The normalized spacial score (nSPS) is 24.2. The van der Waals surface area contributed by atoms with Gasteiger partial charge in [0.1, 0.15) is 5.75 Å². The van der Waals surface area contributed by atoms with E-state index in [4.69, 9.17) is 4.74 Å². The summed E-state index contributed by atoms with van der Waals surface area (Å²) in [6.45, 7) is 6.88. The molecule has 2 aliphatic heterocycles. The molecular formula is C22H29N3O. The van der Waals surface area contributed by atoms with Crippen LogP contribution in [0.4, 0.5) is 0 Å². The lowest BCUT2D eigenvalue weighted by Gasteiger charge is -2.40. The summed E-state index contributed by atoms with van der Waals surface area (Å²) >= 11 is 0. The number of aromatic nitrogens is 1. The van der Waals surface area contributed by atoms with E-state index < -0.39 is 0 Å². The molecule has 2 aromatic rings. The van der Waals surface area contributed by atoms with Gasteiger partial charge in [0.2, 0.25) is 0 Å². The number of rotatable bonds is 5. The summed E-state index contributed by atoms with van der Waals surface area (Å²) in [6, 6.07) is 14.7. The van der Waals surface area contributed by atoms with Gasteiger partial charge in [-0.3, -0.25) is 14.8 Å². The summed E-state index contributed by atoms with van der Waals surface area (Å²) in [7, 11) is 1.72. The van der Waals surface area contributed by atoms with E-state index in [2.05, 4.69) is 51.2 Å². The van der Waals surface area contributed by atoms with Crippen LogP contribution in [-0.2, 0) is 13.1 Å². The van der Waals surface area contributed by atoms with Crippen molar-refractivity contribution in [3.63, 3.8) is 0 Å². The minimum Gasteiger partial charge on any atom is -0.497 e. The summed E-state index contributed by atoms with van der Waals surface area (Å²) in [5.41, 5.74) is 3.04. The van der Waals surface area contributed by atoms with Crippen LogP contribution in [-0.4, -0.2) is 48.1 Å². The molecule has 4 rings (SSSR count). The molecule has 2 fully saturated rings. The van der Waals surface area contributed by atoms with Gasteiger partial charge in [0.05, 0.1) is 12.8 Å². The van der Waals surface area contributed by atoms with Gasteiger partial charge >= 0.3 is 0 Å². The van der Waals surface area contributed by atoms with Gasteiger partial charge in [0, 0.05) is 32.4 Å². The molecule has 1 aromatic carbocycles. The van der Waals surface area contributed by atoms with E-state index in [1.165, 1.54) is 56.7 Å². The Balaban J connectivity index is 1.35. The van der Waals surface area contributed by atoms with E-state index in [1.54, 1.807) is 7.11 Å². The Hall–Kier alpha value is -1.91. The van der Waals surface area contributed by atoms with Crippen molar-refractivity contribution in [1.82, 2.24) is 14.8 Å². The van der Waals surface area contributed by atoms with E-state index in [-0.39, 0.29) is 0 Å². The van der Waals surface area contributed by atoms with E-state index >= 15 is 0 Å². The van der Waals surface area contributed by atoms with Crippen molar-refractivity contribution >= 4 is 0 Å². The average molecular weight is 351 g/mol. The molecule has 0 aliphatic carbocycles. The average Bonchev–Trinajstić information content (AvgIpc) is 3.05. The van der Waals surface area contributed by atoms with E-state index in [9.17, 15) is 0 Å². The first kappa shape index (κ1) is 17.5. The van der Waals surface area contributed by atoms with Gasteiger partial charge in [-0.1, -0.05) is 18.2 Å². The highest BCUT2D eigenvalue weighted by Gasteiger charge is 2.41. The van der Waals surface area contributed by atoms with Crippen molar-refractivity contribution in [2.24, 2.45) is 5.41 Å².